The third-order valence-corrected chi connectivity index (χ3v) is 4.68. The Balaban J connectivity index is 1.54. The topological polar surface area (TPSA) is 41.9 Å². The second-order valence-corrected chi connectivity index (χ2v) is 7.25. The number of rotatable bonds is 6. The predicted octanol–water partition coefficient (Wildman–Crippen LogP) is 3.68. The summed E-state index contributed by atoms with van der Waals surface area (Å²) in [5.74, 6) is -2.53. The lowest BCUT2D eigenvalue weighted by Gasteiger charge is -2.34. The van der Waals surface area contributed by atoms with E-state index < -0.39 is 23.5 Å². The van der Waals surface area contributed by atoms with Gasteiger partial charge in [-0.1, -0.05) is 28.1 Å². The minimum atomic E-state index is -0.946. The highest BCUT2D eigenvalue weighted by molar-refractivity contribution is 9.10. The Morgan fingerprint density at radius 3 is 2.67 bits per heavy atom. The Morgan fingerprint density at radius 1 is 1.22 bits per heavy atom. The molecule has 8 heteroatoms. The van der Waals surface area contributed by atoms with Crippen LogP contribution in [-0.4, -0.2) is 49.0 Å². The fourth-order valence-electron chi connectivity index (χ4n) is 2.97. The van der Waals surface area contributed by atoms with E-state index in [2.05, 4.69) is 15.9 Å². The maximum absolute atomic E-state index is 13.8. The molecule has 0 aliphatic carbocycles. The summed E-state index contributed by atoms with van der Waals surface area (Å²) in [6.45, 7) is 1.49. The minimum absolute atomic E-state index is 0.245. The number of morpholine rings is 1. The molecule has 2 aromatic carbocycles. The molecule has 0 bridgehead atoms. The number of aliphatic hydroxyl groups excluding tert-OH is 1. The van der Waals surface area contributed by atoms with Crippen LogP contribution in [0.4, 0.5) is 13.2 Å². The zero-order chi connectivity index (χ0) is 19.4. The van der Waals surface area contributed by atoms with Crippen LogP contribution in [0.25, 0.3) is 0 Å². The van der Waals surface area contributed by atoms with Crippen molar-refractivity contribution >= 4 is 15.9 Å². The van der Waals surface area contributed by atoms with Crippen molar-refractivity contribution in [3.05, 3.63) is 63.9 Å². The average Bonchev–Trinajstić information content (AvgIpc) is 2.61. The lowest BCUT2D eigenvalue weighted by molar-refractivity contribution is -0.0462. The molecule has 0 radical (unpaired) electrons. The van der Waals surface area contributed by atoms with E-state index in [0.29, 0.717) is 19.7 Å². The van der Waals surface area contributed by atoms with Crippen molar-refractivity contribution in [2.24, 2.45) is 0 Å². The Labute approximate surface area is 163 Å². The largest absolute Gasteiger partial charge is 0.485 e. The Morgan fingerprint density at radius 2 is 1.96 bits per heavy atom. The molecule has 0 spiro atoms. The van der Waals surface area contributed by atoms with Gasteiger partial charge in [-0.3, -0.25) is 4.90 Å². The zero-order valence-corrected chi connectivity index (χ0v) is 16.0. The number of aliphatic hydroxyl groups is 1. The van der Waals surface area contributed by atoms with Gasteiger partial charge in [0, 0.05) is 24.1 Å². The zero-order valence-electron chi connectivity index (χ0n) is 14.4. The highest BCUT2D eigenvalue weighted by atomic mass is 79.9. The number of benzene rings is 2. The van der Waals surface area contributed by atoms with Gasteiger partial charge in [0.25, 0.3) is 0 Å². The Kier molecular flexibility index (Phi) is 6.75. The Bertz CT molecular complexity index is 770. The predicted molar refractivity (Wildman–Crippen MR) is 97.1 cm³/mol. The number of ether oxygens (including phenoxy) is 2. The normalized spacial score (nSPS) is 19.1. The van der Waals surface area contributed by atoms with Crippen LogP contribution >= 0.6 is 15.9 Å². The molecule has 2 atom stereocenters. The van der Waals surface area contributed by atoms with Gasteiger partial charge in [0.2, 0.25) is 0 Å². The fourth-order valence-corrected chi connectivity index (χ4v) is 3.38. The van der Waals surface area contributed by atoms with Crippen LogP contribution in [0.3, 0.4) is 0 Å². The molecule has 0 amide bonds. The summed E-state index contributed by atoms with van der Waals surface area (Å²) in [6.07, 6.45) is -1.25. The first-order chi connectivity index (χ1) is 12.9. The minimum Gasteiger partial charge on any atom is -0.485 e. The van der Waals surface area contributed by atoms with Gasteiger partial charge < -0.3 is 14.6 Å². The van der Waals surface area contributed by atoms with E-state index in [0.717, 1.165) is 17.7 Å². The van der Waals surface area contributed by atoms with Crippen molar-refractivity contribution in [3.8, 4) is 5.75 Å². The molecule has 1 saturated heterocycles. The molecule has 27 heavy (non-hydrogen) atoms. The van der Waals surface area contributed by atoms with E-state index in [4.69, 9.17) is 9.47 Å². The number of nitrogens with zero attached hydrogens (tertiary/aromatic N) is 1. The highest BCUT2D eigenvalue weighted by Gasteiger charge is 2.24. The third-order valence-electron chi connectivity index (χ3n) is 4.22. The van der Waals surface area contributed by atoms with Gasteiger partial charge in [0.05, 0.1) is 12.7 Å². The van der Waals surface area contributed by atoms with Crippen LogP contribution in [0.1, 0.15) is 11.7 Å². The van der Waals surface area contributed by atoms with Crippen molar-refractivity contribution in [2.45, 2.75) is 12.2 Å². The van der Waals surface area contributed by atoms with E-state index in [1.807, 2.05) is 4.90 Å². The molecule has 2 aromatic rings. The van der Waals surface area contributed by atoms with Crippen LogP contribution in [-0.2, 0) is 4.74 Å². The summed E-state index contributed by atoms with van der Waals surface area (Å²) in [5.41, 5.74) is 0.726. The number of β-amino-alcohol motifs (C(OH)–C–C–N with tert-alkyl or cyclic N) is 1. The summed E-state index contributed by atoms with van der Waals surface area (Å²) in [7, 11) is 0. The molecule has 1 heterocycles. The quantitative estimate of drug-likeness (QED) is 0.736. The molecular weight excluding hydrogens is 427 g/mol. The molecule has 2 unspecified atom stereocenters. The maximum atomic E-state index is 13.8. The van der Waals surface area contributed by atoms with Gasteiger partial charge >= 0.3 is 0 Å². The average molecular weight is 446 g/mol. The van der Waals surface area contributed by atoms with Gasteiger partial charge in [0.1, 0.15) is 18.5 Å². The second kappa shape index (κ2) is 9.05. The third kappa shape index (κ3) is 5.44. The second-order valence-electron chi connectivity index (χ2n) is 6.34. The monoisotopic (exact) mass is 445 g/mol. The van der Waals surface area contributed by atoms with Crippen molar-refractivity contribution in [1.82, 2.24) is 4.90 Å². The first kappa shape index (κ1) is 20.1. The molecule has 1 aliphatic rings. The standard InChI is InChI=1S/C19H19BrF3NO3/c20-13-7-16(22)19(17(23)8-13)27-11-15(25)9-24-4-5-26-18(10-24)12-2-1-3-14(21)6-12/h1-3,6-8,15,18,25H,4-5,9-11H2. The van der Waals surface area contributed by atoms with Gasteiger partial charge in [-0.05, 0) is 29.8 Å². The maximum Gasteiger partial charge on any atom is 0.190 e. The van der Waals surface area contributed by atoms with E-state index in [1.54, 1.807) is 12.1 Å². The van der Waals surface area contributed by atoms with Crippen molar-refractivity contribution < 1.29 is 27.8 Å². The van der Waals surface area contributed by atoms with Crippen LogP contribution in [0.5, 0.6) is 5.75 Å². The number of halogens is 4. The van der Waals surface area contributed by atoms with Crippen molar-refractivity contribution in [1.29, 1.82) is 0 Å². The van der Waals surface area contributed by atoms with E-state index in [9.17, 15) is 18.3 Å². The summed E-state index contributed by atoms with van der Waals surface area (Å²) in [5, 5.41) is 10.2. The fraction of sp³-hybridized carbons (Fsp3) is 0.368. The van der Waals surface area contributed by atoms with Crippen LogP contribution in [0.15, 0.2) is 40.9 Å². The van der Waals surface area contributed by atoms with Crippen LogP contribution < -0.4 is 4.74 Å². The first-order valence-electron chi connectivity index (χ1n) is 8.47. The van der Waals surface area contributed by atoms with E-state index in [1.165, 1.54) is 12.1 Å². The molecule has 0 aromatic heterocycles. The molecule has 1 fully saturated rings. The smallest absolute Gasteiger partial charge is 0.190 e. The molecule has 3 rings (SSSR count). The molecule has 0 saturated carbocycles. The summed E-state index contributed by atoms with van der Waals surface area (Å²) < 4.78 is 52.0. The lowest BCUT2D eigenvalue weighted by Crippen LogP contribution is -2.43. The SMILES string of the molecule is OC(COc1c(F)cc(Br)cc1F)CN1CCOC(c2cccc(F)c2)C1. The van der Waals surface area contributed by atoms with Gasteiger partial charge in [-0.2, -0.15) is 0 Å². The highest BCUT2D eigenvalue weighted by Crippen LogP contribution is 2.26. The molecular formula is C19H19BrF3NO3. The van der Waals surface area contributed by atoms with Crippen molar-refractivity contribution in [2.75, 3.05) is 32.8 Å². The summed E-state index contributed by atoms with van der Waals surface area (Å²) in [6, 6.07) is 8.39. The molecule has 1 aliphatic heterocycles. The Hall–Kier alpha value is -1.61. The molecule has 146 valence electrons. The van der Waals surface area contributed by atoms with Crippen LogP contribution in [0, 0.1) is 17.5 Å². The van der Waals surface area contributed by atoms with E-state index >= 15 is 0 Å². The van der Waals surface area contributed by atoms with Gasteiger partial charge in [0.15, 0.2) is 17.4 Å². The lowest BCUT2D eigenvalue weighted by atomic mass is 10.1. The summed E-state index contributed by atoms with van der Waals surface area (Å²) in [4.78, 5) is 1.95. The van der Waals surface area contributed by atoms with E-state index in [-0.39, 0.29) is 29.5 Å². The molecule has 1 N–H and O–H groups in total. The van der Waals surface area contributed by atoms with Crippen LogP contribution in [0.2, 0.25) is 0 Å². The molecule has 4 nitrogen and oxygen atoms in total. The first-order valence-corrected chi connectivity index (χ1v) is 9.26. The van der Waals surface area contributed by atoms with Gasteiger partial charge in [-0.25, -0.2) is 13.2 Å². The van der Waals surface area contributed by atoms with Crippen molar-refractivity contribution in [3.63, 3.8) is 0 Å². The summed E-state index contributed by atoms with van der Waals surface area (Å²) >= 11 is 3.00. The number of hydrogen-bond donors (Lipinski definition) is 1. The number of hydrogen-bond acceptors (Lipinski definition) is 4. The van der Waals surface area contributed by atoms with Gasteiger partial charge in [-0.15, -0.1) is 0 Å².